The van der Waals surface area contributed by atoms with E-state index in [0.717, 1.165) is 36.8 Å². The van der Waals surface area contributed by atoms with E-state index in [1.165, 1.54) is 6.07 Å². The molecule has 3 aromatic rings. The van der Waals surface area contributed by atoms with Crippen molar-refractivity contribution in [3.05, 3.63) is 82.5 Å². The second kappa shape index (κ2) is 10.2. The number of aromatic nitrogens is 2. The molecule has 9 heteroatoms. The molecule has 37 heavy (non-hydrogen) atoms. The molecule has 2 aliphatic carbocycles. The third-order valence-electron chi connectivity index (χ3n) is 6.92. The second-order valence-electron chi connectivity index (χ2n) is 10.1. The monoisotopic (exact) mass is 506 g/mol. The zero-order chi connectivity index (χ0) is 26.1. The number of nitrogens with one attached hydrogen (secondary N) is 1. The average Bonchev–Trinajstić information content (AvgIpc) is 3.79. The molecular formula is C28H31FN4O4. The van der Waals surface area contributed by atoms with Gasteiger partial charge in [0.25, 0.3) is 5.91 Å². The van der Waals surface area contributed by atoms with Crippen molar-refractivity contribution in [3.8, 4) is 5.75 Å². The molecule has 1 atom stereocenters. The van der Waals surface area contributed by atoms with Crippen LogP contribution < -0.4 is 15.7 Å². The minimum Gasteiger partial charge on any atom is -0.493 e. The summed E-state index contributed by atoms with van der Waals surface area (Å²) in [5, 5.41) is 12.3. The van der Waals surface area contributed by atoms with Gasteiger partial charge in [-0.15, -0.1) is 4.99 Å². The lowest BCUT2D eigenvalue weighted by Crippen LogP contribution is -2.30. The summed E-state index contributed by atoms with van der Waals surface area (Å²) in [6.45, 7) is 2.64. The molecular weight excluding hydrogens is 475 g/mol. The smallest absolute Gasteiger partial charge is 0.434 e. The number of carboxylic acid groups (broad SMARTS) is 1. The van der Waals surface area contributed by atoms with E-state index in [-0.39, 0.29) is 23.4 Å². The predicted octanol–water partition coefficient (Wildman–Crippen LogP) is 4.57. The van der Waals surface area contributed by atoms with E-state index in [0.29, 0.717) is 41.9 Å². The van der Waals surface area contributed by atoms with Crippen LogP contribution in [-0.4, -0.2) is 32.8 Å². The van der Waals surface area contributed by atoms with Crippen LogP contribution in [-0.2, 0) is 13.6 Å². The standard InChI is InChI=1S/C28H31FN4O4/c1-17-11-21(7-8-24(17)29)25(20-5-6-20)30-26(34)22-12-19(13-23(14-22)37-16-18-3-4-18)15-33-10-9-32(2)27(33)31-28(35)36/h7-14,18,20,25H,3-6,15-16H2,1-2H3,(H,30,34)(H,35,36)/t25-/m0/s1. The van der Waals surface area contributed by atoms with Gasteiger partial charge in [0.15, 0.2) is 0 Å². The highest BCUT2D eigenvalue weighted by Gasteiger charge is 2.34. The van der Waals surface area contributed by atoms with Gasteiger partial charge in [-0.2, -0.15) is 0 Å². The van der Waals surface area contributed by atoms with Gasteiger partial charge >= 0.3 is 6.09 Å². The number of carbonyl (C=O) groups excluding carboxylic acids is 1. The molecule has 2 N–H and O–H groups in total. The molecule has 0 radical (unpaired) electrons. The van der Waals surface area contributed by atoms with Gasteiger partial charge in [0.1, 0.15) is 11.6 Å². The predicted molar refractivity (Wildman–Crippen MR) is 135 cm³/mol. The number of aryl methyl sites for hydroxylation is 2. The van der Waals surface area contributed by atoms with Crippen LogP contribution in [0.15, 0.2) is 53.8 Å². The number of halogens is 1. The minimum atomic E-state index is -1.28. The highest BCUT2D eigenvalue weighted by atomic mass is 19.1. The third kappa shape index (κ3) is 6.10. The van der Waals surface area contributed by atoms with E-state index in [2.05, 4.69) is 10.3 Å². The topological polar surface area (TPSA) is 97.9 Å². The lowest BCUT2D eigenvalue weighted by molar-refractivity contribution is 0.0931. The van der Waals surface area contributed by atoms with Crippen molar-refractivity contribution in [1.29, 1.82) is 0 Å². The van der Waals surface area contributed by atoms with Crippen molar-refractivity contribution in [1.82, 2.24) is 14.5 Å². The van der Waals surface area contributed by atoms with E-state index in [9.17, 15) is 14.0 Å². The first-order valence-electron chi connectivity index (χ1n) is 12.6. The van der Waals surface area contributed by atoms with Gasteiger partial charge in [-0.05, 0) is 85.4 Å². The molecule has 0 spiro atoms. The first kappa shape index (κ1) is 24.8. The van der Waals surface area contributed by atoms with Crippen molar-refractivity contribution in [2.24, 2.45) is 23.9 Å². The fourth-order valence-electron chi connectivity index (χ4n) is 4.52. The van der Waals surface area contributed by atoms with E-state index in [1.807, 2.05) is 6.07 Å². The van der Waals surface area contributed by atoms with Crippen LogP contribution >= 0.6 is 0 Å². The second-order valence-corrected chi connectivity index (χ2v) is 10.1. The number of hydrogen-bond acceptors (Lipinski definition) is 3. The van der Waals surface area contributed by atoms with Crippen LogP contribution in [0.4, 0.5) is 9.18 Å². The van der Waals surface area contributed by atoms with Crippen molar-refractivity contribution in [3.63, 3.8) is 0 Å². The largest absolute Gasteiger partial charge is 0.493 e. The Kier molecular flexibility index (Phi) is 6.86. The van der Waals surface area contributed by atoms with E-state index in [4.69, 9.17) is 9.84 Å². The highest BCUT2D eigenvalue weighted by Crippen LogP contribution is 2.41. The van der Waals surface area contributed by atoms with Crippen molar-refractivity contribution < 1.29 is 23.8 Å². The summed E-state index contributed by atoms with van der Waals surface area (Å²) in [6, 6.07) is 10.2. The summed E-state index contributed by atoms with van der Waals surface area (Å²) >= 11 is 0. The lowest BCUT2D eigenvalue weighted by Gasteiger charge is -2.20. The minimum absolute atomic E-state index is 0.198. The average molecular weight is 507 g/mol. The molecule has 194 valence electrons. The van der Waals surface area contributed by atoms with Crippen molar-refractivity contribution in [2.75, 3.05) is 6.61 Å². The molecule has 0 bridgehead atoms. The van der Waals surface area contributed by atoms with Crippen LogP contribution in [0.2, 0.25) is 0 Å². The van der Waals surface area contributed by atoms with Crippen LogP contribution in [0.3, 0.4) is 0 Å². The molecule has 1 aromatic heterocycles. The van der Waals surface area contributed by atoms with Gasteiger partial charge in [0.05, 0.1) is 19.2 Å². The number of imidazole rings is 1. The Labute approximate surface area is 214 Å². The molecule has 0 unspecified atom stereocenters. The fraction of sp³-hybridized carbons (Fsp3) is 0.393. The number of rotatable bonds is 9. The number of amides is 2. The molecule has 0 aliphatic heterocycles. The molecule has 2 fully saturated rings. The molecule has 2 aromatic carbocycles. The van der Waals surface area contributed by atoms with Crippen molar-refractivity contribution >= 4 is 12.0 Å². The number of ether oxygens (including phenoxy) is 1. The summed E-state index contributed by atoms with van der Waals surface area (Å²) in [6.07, 6.45) is 6.52. The number of nitrogens with zero attached hydrogens (tertiary/aromatic N) is 3. The number of hydrogen-bond donors (Lipinski definition) is 2. The van der Waals surface area contributed by atoms with E-state index in [1.54, 1.807) is 59.8 Å². The van der Waals surface area contributed by atoms with Crippen LogP contribution in [0.25, 0.3) is 0 Å². The Morgan fingerprint density at radius 2 is 1.95 bits per heavy atom. The number of carbonyl (C=O) groups is 2. The maximum Gasteiger partial charge on any atom is 0.434 e. The molecule has 0 saturated heterocycles. The summed E-state index contributed by atoms with van der Waals surface area (Å²) in [5.41, 5.74) is 2.98. The first-order valence-corrected chi connectivity index (χ1v) is 12.6. The molecule has 2 saturated carbocycles. The van der Waals surface area contributed by atoms with Gasteiger partial charge in [-0.1, -0.05) is 12.1 Å². The van der Waals surface area contributed by atoms with Gasteiger partial charge in [0, 0.05) is 25.0 Å². The Balaban J connectivity index is 1.43. The molecule has 2 aliphatic rings. The summed E-state index contributed by atoms with van der Waals surface area (Å²) in [5.74, 6) is 0.977. The molecule has 8 nitrogen and oxygen atoms in total. The Hall–Kier alpha value is -3.88. The maximum absolute atomic E-state index is 13.9. The maximum atomic E-state index is 13.9. The lowest BCUT2D eigenvalue weighted by atomic mass is 9.99. The molecule has 5 rings (SSSR count). The van der Waals surface area contributed by atoms with Crippen molar-refractivity contribution in [2.45, 2.75) is 45.2 Å². The zero-order valence-corrected chi connectivity index (χ0v) is 21.0. The SMILES string of the molecule is Cc1cc([C@@H](NC(=O)c2cc(Cn3ccn(C)c3=NC(=O)O)cc(OCC3CC3)c2)C2CC2)ccc1F. The fourth-order valence-corrected chi connectivity index (χ4v) is 4.52. The van der Waals surface area contributed by atoms with Crippen LogP contribution in [0, 0.1) is 24.6 Å². The Morgan fingerprint density at radius 3 is 2.62 bits per heavy atom. The summed E-state index contributed by atoms with van der Waals surface area (Å²) in [4.78, 5) is 28.4. The third-order valence-corrected chi connectivity index (χ3v) is 6.92. The van der Waals surface area contributed by atoms with Gasteiger partial charge in [-0.25, -0.2) is 9.18 Å². The summed E-state index contributed by atoms with van der Waals surface area (Å²) < 4.78 is 23.2. The highest BCUT2D eigenvalue weighted by molar-refractivity contribution is 5.95. The Bertz CT molecular complexity index is 1400. The van der Waals surface area contributed by atoms with E-state index >= 15 is 0 Å². The zero-order valence-electron chi connectivity index (χ0n) is 21.0. The van der Waals surface area contributed by atoms with Crippen LogP contribution in [0.1, 0.15) is 58.8 Å². The molecule has 1 heterocycles. The van der Waals surface area contributed by atoms with Crippen LogP contribution in [0.5, 0.6) is 5.75 Å². The Morgan fingerprint density at radius 1 is 1.16 bits per heavy atom. The quantitative estimate of drug-likeness (QED) is 0.444. The first-order chi connectivity index (χ1) is 17.8. The van der Waals surface area contributed by atoms with Gasteiger partial charge < -0.3 is 24.3 Å². The van der Waals surface area contributed by atoms with Gasteiger partial charge in [-0.3, -0.25) is 4.79 Å². The normalized spacial score (nSPS) is 16.5. The number of benzene rings is 2. The summed E-state index contributed by atoms with van der Waals surface area (Å²) in [7, 11) is 1.72. The van der Waals surface area contributed by atoms with E-state index < -0.39 is 6.09 Å². The van der Waals surface area contributed by atoms with Gasteiger partial charge in [0.2, 0.25) is 5.62 Å². The molecule has 2 amide bonds.